The molecule has 112 valence electrons. The van der Waals surface area contributed by atoms with E-state index in [4.69, 9.17) is 15.7 Å². The summed E-state index contributed by atoms with van der Waals surface area (Å²) < 4.78 is 5.41. The van der Waals surface area contributed by atoms with E-state index in [1.165, 1.54) is 0 Å². The quantitative estimate of drug-likeness (QED) is 0.825. The molecule has 2 rings (SSSR count). The van der Waals surface area contributed by atoms with Crippen molar-refractivity contribution in [3.05, 3.63) is 35.4 Å². The maximum atomic E-state index is 11.1. The summed E-state index contributed by atoms with van der Waals surface area (Å²) in [7, 11) is 0. The van der Waals surface area contributed by atoms with Crippen molar-refractivity contribution in [1.29, 1.82) is 5.26 Å². The second kappa shape index (κ2) is 7.77. The van der Waals surface area contributed by atoms with Crippen molar-refractivity contribution >= 4 is 5.91 Å². The molecule has 1 amide bonds. The molecule has 1 saturated heterocycles. The van der Waals surface area contributed by atoms with Crippen LogP contribution in [0.3, 0.4) is 0 Å². The van der Waals surface area contributed by atoms with Crippen molar-refractivity contribution in [2.24, 2.45) is 11.7 Å². The minimum atomic E-state index is -0.411. The minimum absolute atomic E-state index is 0.411. The number of nitriles is 1. The van der Waals surface area contributed by atoms with E-state index in [9.17, 15) is 4.79 Å². The molecule has 1 aliphatic rings. The number of hydrogen-bond donors (Lipinski definition) is 1. The summed E-state index contributed by atoms with van der Waals surface area (Å²) in [5.41, 5.74) is 6.88. The highest BCUT2D eigenvalue weighted by atomic mass is 16.5. The van der Waals surface area contributed by atoms with Crippen molar-refractivity contribution in [1.82, 2.24) is 4.90 Å². The molecule has 1 aliphatic heterocycles. The summed E-state index contributed by atoms with van der Waals surface area (Å²) >= 11 is 0. The van der Waals surface area contributed by atoms with Crippen LogP contribution in [0.4, 0.5) is 0 Å². The third kappa shape index (κ3) is 4.85. The van der Waals surface area contributed by atoms with E-state index >= 15 is 0 Å². The number of carbonyl (C=O) groups excluding carboxylic acids is 1. The summed E-state index contributed by atoms with van der Waals surface area (Å²) in [6, 6.07) is 9.54. The van der Waals surface area contributed by atoms with Crippen molar-refractivity contribution in [2.75, 3.05) is 26.3 Å². The Balaban J connectivity index is 1.96. The van der Waals surface area contributed by atoms with Crippen molar-refractivity contribution in [3.8, 4) is 6.07 Å². The number of rotatable bonds is 7. The van der Waals surface area contributed by atoms with Crippen LogP contribution in [-0.4, -0.2) is 37.1 Å². The summed E-state index contributed by atoms with van der Waals surface area (Å²) in [4.78, 5) is 13.3. The van der Waals surface area contributed by atoms with Crippen LogP contribution in [0.15, 0.2) is 24.3 Å². The monoisotopic (exact) mass is 287 g/mol. The molecule has 1 atom stereocenters. The van der Waals surface area contributed by atoms with Crippen LogP contribution in [0.5, 0.6) is 0 Å². The highest BCUT2D eigenvalue weighted by Crippen LogP contribution is 2.16. The van der Waals surface area contributed by atoms with Crippen LogP contribution in [0.25, 0.3) is 0 Å². The van der Waals surface area contributed by atoms with Crippen molar-refractivity contribution < 1.29 is 9.53 Å². The predicted octanol–water partition coefficient (Wildman–Crippen LogP) is 1.54. The lowest BCUT2D eigenvalue weighted by molar-refractivity contribution is 0.1000. The lowest BCUT2D eigenvalue weighted by atomic mass is 10.1. The number of primary amides is 1. The van der Waals surface area contributed by atoms with Gasteiger partial charge in [0.25, 0.3) is 0 Å². The first-order chi connectivity index (χ1) is 10.2. The number of nitrogens with two attached hydrogens (primary N) is 1. The van der Waals surface area contributed by atoms with Gasteiger partial charge in [0.2, 0.25) is 5.91 Å². The molecule has 1 aromatic rings. The van der Waals surface area contributed by atoms with E-state index < -0.39 is 5.91 Å². The zero-order valence-electron chi connectivity index (χ0n) is 12.1. The Morgan fingerprint density at radius 2 is 2.19 bits per heavy atom. The van der Waals surface area contributed by atoms with Gasteiger partial charge < -0.3 is 10.5 Å². The minimum Gasteiger partial charge on any atom is -0.381 e. The fourth-order valence-electron chi connectivity index (χ4n) is 2.57. The first-order valence-electron chi connectivity index (χ1n) is 7.25. The first-order valence-corrected chi connectivity index (χ1v) is 7.25. The molecule has 2 N–H and O–H groups in total. The summed E-state index contributed by atoms with van der Waals surface area (Å²) in [6.07, 6.45) is 1.61. The van der Waals surface area contributed by atoms with Gasteiger partial charge in [-0.15, -0.1) is 0 Å². The average molecular weight is 287 g/mol. The third-order valence-electron chi connectivity index (χ3n) is 3.72. The number of amides is 1. The zero-order chi connectivity index (χ0) is 15.1. The lowest BCUT2D eigenvalue weighted by Gasteiger charge is -2.24. The summed E-state index contributed by atoms with van der Waals surface area (Å²) in [6.45, 7) is 4.12. The maximum absolute atomic E-state index is 11.1. The molecule has 21 heavy (non-hydrogen) atoms. The molecule has 0 saturated carbocycles. The number of ether oxygens (including phenoxy) is 1. The van der Waals surface area contributed by atoms with Gasteiger partial charge >= 0.3 is 0 Å². The van der Waals surface area contributed by atoms with E-state index in [1.54, 1.807) is 12.1 Å². The Morgan fingerprint density at radius 1 is 1.43 bits per heavy atom. The fourth-order valence-corrected chi connectivity index (χ4v) is 2.57. The second-order valence-corrected chi connectivity index (χ2v) is 5.43. The van der Waals surface area contributed by atoms with Gasteiger partial charge in [0.05, 0.1) is 12.7 Å². The van der Waals surface area contributed by atoms with Crippen LogP contribution in [0, 0.1) is 17.2 Å². The van der Waals surface area contributed by atoms with E-state index in [0.717, 1.165) is 44.8 Å². The summed E-state index contributed by atoms with van der Waals surface area (Å²) in [5.74, 6) is 0.138. The molecule has 0 bridgehead atoms. The van der Waals surface area contributed by atoms with Crippen LogP contribution in [0.1, 0.15) is 28.8 Å². The van der Waals surface area contributed by atoms with Gasteiger partial charge in [-0.25, -0.2) is 0 Å². The molecule has 1 aromatic carbocycles. The number of benzene rings is 1. The zero-order valence-corrected chi connectivity index (χ0v) is 12.1. The first kappa shape index (κ1) is 15.5. The molecular formula is C16H21N3O2. The topological polar surface area (TPSA) is 79.4 Å². The Kier molecular flexibility index (Phi) is 5.73. The van der Waals surface area contributed by atoms with Crippen molar-refractivity contribution in [3.63, 3.8) is 0 Å². The van der Waals surface area contributed by atoms with E-state index in [1.807, 2.05) is 12.1 Å². The highest BCUT2D eigenvalue weighted by Gasteiger charge is 2.19. The molecule has 0 radical (unpaired) electrons. The van der Waals surface area contributed by atoms with Crippen molar-refractivity contribution in [2.45, 2.75) is 19.4 Å². The van der Waals surface area contributed by atoms with Crippen LogP contribution in [-0.2, 0) is 11.3 Å². The van der Waals surface area contributed by atoms with Crippen LogP contribution >= 0.6 is 0 Å². The second-order valence-electron chi connectivity index (χ2n) is 5.43. The average Bonchev–Trinajstić information content (AvgIpc) is 2.98. The molecule has 1 fully saturated rings. The Bertz CT molecular complexity index is 501. The van der Waals surface area contributed by atoms with Crippen LogP contribution in [0.2, 0.25) is 0 Å². The number of hydrogen-bond acceptors (Lipinski definition) is 4. The third-order valence-corrected chi connectivity index (χ3v) is 3.72. The number of nitrogens with zero attached hydrogens (tertiary/aromatic N) is 2. The SMILES string of the molecule is N#CCCN(Cc1ccc(C(N)=O)cc1)CC1CCOC1. The van der Waals surface area contributed by atoms with Gasteiger partial charge in [-0.2, -0.15) is 5.26 Å². The predicted molar refractivity (Wildman–Crippen MR) is 79.4 cm³/mol. The normalized spacial score (nSPS) is 17.8. The van der Waals surface area contributed by atoms with E-state index in [0.29, 0.717) is 17.9 Å². The van der Waals surface area contributed by atoms with Gasteiger partial charge in [0, 0.05) is 38.2 Å². The standard InChI is InChI=1S/C16H21N3O2/c17-7-1-8-19(11-14-6-9-21-12-14)10-13-2-4-15(5-3-13)16(18)20/h2-5,14H,1,6,8-12H2,(H2,18,20). The van der Waals surface area contributed by atoms with Gasteiger partial charge in [-0.1, -0.05) is 12.1 Å². The Hall–Kier alpha value is -1.90. The van der Waals surface area contributed by atoms with Gasteiger partial charge in [0.15, 0.2) is 0 Å². The maximum Gasteiger partial charge on any atom is 0.248 e. The fraction of sp³-hybridized carbons (Fsp3) is 0.500. The molecule has 1 heterocycles. The molecular weight excluding hydrogens is 266 g/mol. The van der Waals surface area contributed by atoms with E-state index in [-0.39, 0.29) is 0 Å². The van der Waals surface area contributed by atoms with E-state index in [2.05, 4.69) is 11.0 Å². The van der Waals surface area contributed by atoms with Gasteiger partial charge in [-0.3, -0.25) is 9.69 Å². The summed E-state index contributed by atoms with van der Waals surface area (Å²) in [5, 5.41) is 8.79. The van der Waals surface area contributed by atoms with Gasteiger partial charge in [0.1, 0.15) is 0 Å². The molecule has 5 nitrogen and oxygen atoms in total. The number of carbonyl (C=O) groups is 1. The van der Waals surface area contributed by atoms with Crippen LogP contribution < -0.4 is 5.73 Å². The molecule has 1 unspecified atom stereocenters. The smallest absolute Gasteiger partial charge is 0.248 e. The highest BCUT2D eigenvalue weighted by molar-refractivity contribution is 5.92. The molecule has 5 heteroatoms. The molecule has 0 aliphatic carbocycles. The Morgan fingerprint density at radius 3 is 2.76 bits per heavy atom. The molecule has 0 spiro atoms. The largest absolute Gasteiger partial charge is 0.381 e. The Labute approximate surface area is 125 Å². The lowest BCUT2D eigenvalue weighted by Crippen LogP contribution is -2.30. The van der Waals surface area contributed by atoms with Gasteiger partial charge in [-0.05, 0) is 30.0 Å². The molecule has 0 aromatic heterocycles.